The van der Waals surface area contributed by atoms with Crippen molar-refractivity contribution in [3.05, 3.63) is 0 Å². The summed E-state index contributed by atoms with van der Waals surface area (Å²) in [6.07, 6.45) is 20.6. The molecule has 0 aliphatic rings. The van der Waals surface area contributed by atoms with Crippen molar-refractivity contribution in [3.63, 3.8) is 0 Å². The number of hydrogen-bond donors (Lipinski definition) is 1. The van der Waals surface area contributed by atoms with Gasteiger partial charge < -0.3 is 19.6 Å². The predicted molar refractivity (Wildman–Crippen MR) is 147 cm³/mol. The van der Waals surface area contributed by atoms with Crippen LogP contribution in [0.5, 0.6) is 0 Å². The van der Waals surface area contributed by atoms with Gasteiger partial charge in [0.05, 0.1) is 6.61 Å². The fourth-order valence-electron chi connectivity index (χ4n) is 4.27. The van der Waals surface area contributed by atoms with Crippen molar-refractivity contribution in [2.24, 2.45) is 0 Å². The molecule has 0 bridgehead atoms. The third kappa shape index (κ3) is 27.3. The average Bonchev–Trinajstić information content (AvgIpc) is 2.82. The Morgan fingerprint density at radius 2 is 1.09 bits per heavy atom. The van der Waals surface area contributed by atoms with Gasteiger partial charge in [-0.3, -0.25) is 9.59 Å². The summed E-state index contributed by atoms with van der Waals surface area (Å²) in [7, 11) is 4.25. The number of carboxylic acid groups (broad SMARTS) is 1. The molecule has 0 spiro atoms. The van der Waals surface area contributed by atoms with Crippen molar-refractivity contribution < 1.29 is 19.4 Å². The molecule has 0 unspecified atom stereocenters. The Kier molecular flexibility index (Phi) is 25.1. The molecule has 1 N–H and O–H groups in total. The number of unbranched alkanes of at least 4 members (excludes halogenated alkanes) is 14. The van der Waals surface area contributed by atoms with Gasteiger partial charge in [-0.2, -0.15) is 0 Å². The number of rotatable bonds is 27. The van der Waals surface area contributed by atoms with Crippen molar-refractivity contribution in [1.82, 2.24) is 9.80 Å². The Bertz CT molecular complexity index is 485. The van der Waals surface area contributed by atoms with Gasteiger partial charge in [-0.25, -0.2) is 0 Å². The van der Waals surface area contributed by atoms with E-state index >= 15 is 0 Å². The van der Waals surface area contributed by atoms with Gasteiger partial charge in [-0.15, -0.1) is 0 Å². The van der Waals surface area contributed by atoms with Gasteiger partial charge in [0.25, 0.3) is 0 Å². The first-order chi connectivity index (χ1) is 17.0. The molecule has 0 rings (SSSR count). The fourth-order valence-corrected chi connectivity index (χ4v) is 4.27. The normalized spacial score (nSPS) is 11.5. The fraction of sp³-hybridized carbons (Fsp3) is 0.931. The van der Waals surface area contributed by atoms with Gasteiger partial charge >= 0.3 is 11.9 Å². The molecule has 0 atom stereocenters. The lowest BCUT2D eigenvalue weighted by Gasteiger charge is -2.24. The van der Waals surface area contributed by atoms with E-state index in [1.54, 1.807) is 0 Å². The van der Waals surface area contributed by atoms with Crippen LogP contribution in [0.1, 0.15) is 129 Å². The van der Waals surface area contributed by atoms with Crippen molar-refractivity contribution in [3.8, 4) is 0 Å². The predicted octanol–water partition coefficient (Wildman–Crippen LogP) is 6.91. The molecule has 0 aromatic heterocycles. The quantitative estimate of drug-likeness (QED) is 0.0980. The highest BCUT2D eigenvalue weighted by Gasteiger charge is 2.07. The summed E-state index contributed by atoms with van der Waals surface area (Å²) < 4.78 is 5.38. The van der Waals surface area contributed by atoms with E-state index in [0.29, 0.717) is 19.4 Å². The Labute approximate surface area is 217 Å². The summed E-state index contributed by atoms with van der Waals surface area (Å²) in [6.45, 7) is 7.31. The summed E-state index contributed by atoms with van der Waals surface area (Å²) in [5.74, 6) is -0.701. The highest BCUT2D eigenvalue weighted by molar-refractivity contribution is 5.69. The maximum absolute atomic E-state index is 11.9. The molecule has 0 aliphatic carbocycles. The number of carbonyl (C=O) groups is 2. The minimum atomic E-state index is -0.682. The second-order valence-corrected chi connectivity index (χ2v) is 10.4. The first kappa shape index (κ1) is 33.9. The van der Waals surface area contributed by atoms with Crippen LogP contribution in [0.25, 0.3) is 0 Å². The molecule has 0 heterocycles. The molecular formula is C29H58N2O4. The Balaban J connectivity index is 3.69. The van der Waals surface area contributed by atoms with E-state index in [4.69, 9.17) is 9.84 Å². The minimum absolute atomic E-state index is 0.0196. The third-order valence-electron chi connectivity index (χ3n) is 6.59. The molecule has 0 aromatic rings. The molecule has 6 heteroatoms. The standard InChI is InChI=1S/C29H58N2O4/c1-4-5-6-7-8-15-20-27-35-29(34)22-17-12-10-14-19-24-31(26-25-30(2)3)23-18-13-9-11-16-21-28(32)33/h4-27H2,1-3H3,(H,32,33). The lowest BCUT2D eigenvalue weighted by atomic mass is 10.1. The smallest absolute Gasteiger partial charge is 0.305 e. The number of carbonyl (C=O) groups excluding carboxylic acids is 1. The molecular weight excluding hydrogens is 440 g/mol. The molecule has 35 heavy (non-hydrogen) atoms. The van der Waals surface area contributed by atoms with Crippen LogP contribution in [-0.2, 0) is 14.3 Å². The zero-order valence-electron chi connectivity index (χ0n) is 23.5. The third-order valence-corrected chi connectivity index (χ3v) is 6.59. The van der Waals surface area contributed by atoms with Crippen molar-refractivity contribution in [2.75, 3.05) is 46.9 Å². The highest BCUT2D eigenvalue weighted by Crippen LogP contribution is 2.11. The lowest BCUT2D eigenvalue weighted by molar-refractivity contribution is -0.144. The SMILES string of the molecule is CCCCCCCCCOC(=O)CCCCCCCN(CCCCCCCC(=O)O)CCN(C)C. The van der Waals surface area contributed by atoms with Gasteiger partial charge in [-0.05, 0) is 59.3 Å². The Morgan fingerprint density at radius 1 is 0.600 bits per heavy atom. The van der Waals surface area contributed by atoms with E-state index < -0.39 is 5.97 Å². The number of esters is 1. The maximum atomic E-state index is 11.9. The Morgan fingerprint density at radius 3 is 1.63 bits per heavy atom. The molecule has 6 nitrogen and oxygen atoms in total. The summed E-state index contributed by atoms with van der Waals surface area (Å²) >= 11 is 0. The van der Waals surface area contributed by atoms with Gasteiger partial charge in [0.15, 0.2) is 0 Å². The second-order valence-electron chi connectivity index (χ2n) is 10.4. The molecule has 0 aliphatic heterocycles. The summed E-state index contributed by atoms with van der Waals surface area (Å²) in [6, 6.07) is 0. The number of aliphatic carboxylic acids is 1. The molecule has 208 valence electrons. The van der Waals surface area contributed by atoms with Gasteiger partial charge in [0, 0.05) is 25.9 Å². The van der Waals surface area contributed by atoms with E-state index in [1.807, 2.05) is 0 Å². The van der Waals surface area contributed by atoms with Crippen LogP contribution in [0, 0.1) is 0 Å². The zero-order chi connectivity index (χ0) is 26.0. The number of carboxylic acids is 1. The summed E-state index contributed by atoms with van der Waals surface area (Å²) in [5.41, 5.74) is 0. The molecule has 0 saturated heterocycles. The second kappa shape index (κ2) is 25.9. The van der Waals surface area contributed by atoms with Crippen LogP contribution in [-0.4, -0.2) is 73.7 Å². The van der Waals surface area contributed by atoms with Crippen LogP contribution < -0.4 is 0 Å². The minimum Gasteiger partial charge on any atom is -0.481 e. The zero-order valence-corrected chi connectivity index (χ0v) is 23.5. The van der Waals surface area contributed by atoms with Crippen molar-refractivity contribution in [1.29, 1.82) is 0 Å². The topological polar surface area (TPSA) is 70.1 Å². The number of likely N-dealkylation sites (N-methyl/N-ethyl adjacent to an activating group) is 1. The average molecular weight is 499 g/mol. The van der Waals surface area contributed by atoms with Crippen molar-refractivity contribution >= 4 is 11.9 Å². The summed E-state index contributed by atoms with van der Waals surface area (Å²) in [4.78, 5) is 27.3. The van der Waals surface area contributed by atoms with E-state index in [0.717, 1.165) is 64.7 Å². The summed E-state index contributed by atoms with van der Waals surface area (Å²) in [5, 5.41) is 8.71. The van der Waals surface area contributed by atoms with Crippen LogP contribution in [0.3, 0.4) is 0 Å². The molecule has 0 amide bonds. The molecule has 0 saturated carbocycles. The first-order valence-electron chi connectivity index (χ1n) is 14.7. The Hall–Kier alpha value is -1.14. The number of ether oxygens (including phenoxy) is 1. The van der Waals surface area contributed by atoms with Crippen molar-refractivity contribution in [2.45, 2.75) is 129 Å². The van der Waals surface area contributed by atoms with E-state index in [9.17, 15) is 9.59 Å². The molecule has 0 fully saturated rings. The monoisotopic (exact) mass is 498 g/mol. The van der Waals surface area contributed by atoms with Gasteiger partial charge in [0.1, 0.15) is 0 Å². The van der Waals surface area contributed by atoms with Crippen LogP contribution in [0.4, 0.5) is 0 Å². The van der Waals surface area contributed by atoms with Gasteiger partial charge in [-0.1, -0.05) is 84.0 Å². The van der Waals surface area contributed by atoms with Crippen LogP contribution >= 0.6 is 0 Å². The van der Waals surface area contributed by atoms with Crippen LogP contribution in [0.2, 0.25) is 0 Å². The molecule has 0 radical (unpaired) electrons. The highest BCUT2D eigenvalue weighted by atomic mass is 16.5. The van der Waals surface area contributed by atoms with E-state index in [2.05, 4.69) is 30.8 Å². The van der Waals surface area contributed by atoms with E-state index in [1.165, 1.54) is 70.6 Å². The number of hydrogen-bond acceptors (Lipinski definition) is 5. The first-order valence-corrected chi connectivity index (χ1v) is 14.7. The van der Waals surface area contributed by atoms with E-state index in [-0.39, 0.29) is 5.97 Å². The maximum Gasteiger partial charge on any atom is 0.305 e. The number of nitrogens with zero attached hydrogens (tertiary/aromatic N) is 2. The van der Waals surface area contributed by atoms with Crippen LogP contribution in [0.15, 0.2) is 0 Å². The van der Waals surface area contributed by atoms with Gasteiger partial charge in [0.2, 0.25) is 0 Å². The largest absolute Gasteiger partial charge is 0.481 e. The molecule has 0 aromatic carbocycles. The lowest BCUT2D eigenvalue weighted by Crippen LogP contribution is -2.33.